The second-order valence-electron chi connectivity index (χ2n) is 4.64. The second kappa shape index (κ2) is 6.21. The summed E-state index contributed by atoms with van der Waals surface area (Å²) >= 11 is 0. The first-order chi connectivity index (χ1) is 10.0. The number of hydrogen-bond donors (Lipinski definition) is 2. The average molecular weight is 287 g/mol. The third-order valence-corrected chi connectivity index (χ3v) is 3.27. The van der Waals surface area contributed by atoms with Gasteiger partial charge in [0.25, 0.3) is 0 Å². The molecular weight excluding hydrogens is 270 g/mol. The van der Waals surface area contributed by atoms with Crippen LogP contribution in [0.4, 0.5) is 5.82 Å². The largest absolute Gasteiger partial charge is 0.478 e. The van der Waals surface area contributed by atoms with E-state index in [-0.39, 0.29) is 18.0 Å². The van der Waals surface area contributed by atoms with Crippen LogP contribution in [-0.2, 0) is 4.79 Å². The number of pyridine rings is 1. The van der Waals surface area contributed by atoms with Crippen LogP contribution in [0, 0.1) is 0 Å². The number of aromatic nitrogens is 1. The van der Waals surface area contributed by atoms with Crippen LogP contribution in [0.5, 0.6) is 0 Å². The van der Waals surface area contributed by atoms with E-state index in [1.165, 1.54) is 6.07 Å². The fourth-order valence-corrected chi connectivity index (χ4v) is 1.92. The number of para-hydroxylation sites is 1. The molecule has 0 aliphatic carbocycles. The molecule has 1 aromatic carbocycles. The maximum Gasteiger partial charge on any atom is 0.336 e. The summed E-state index contributed by atoms with van der Waals surface area (Å²) in [7, 11) is 1.71. The van der Waals surface area contributed by atoms with Crippen LogP contribution in [0.1, 0.15) is 17.3 Å². The third kappa shape index (κ3) is 3.28. The van der Waals surface area contributed by atoms with Crippen LogP contribution in [0.25, 0.3) is 10.9 Å². The van der Waals surface area contributed by atoms with Crippen molar-refractivity contribution in [2.75, 3.05) is 25.5 Å². The summed E-state index contributed by atoms with van der Waals surface area (Å²) in [4.78, 5) is 29.0. The van der Waals surface area contributed by atoms with Gasteiger partial charge in [-0.05, 0) is 19.1 Å². The van der Waals surface area contributed by atoms with E-state index in [1.54, 1.807) is 36.2 Å². The maximum absolute atomic E-state index is 11.7. The van der Waals surface area contributed by atoms with Crippen molar-refractivity contribution in [3.8, 4) is 0 Å². The number of anilines is 1. The molecule has 0 aliphatic rings. The van der Waals surface area contributed by atoms with Crippen molar-refractivity contribution in [2.24, 2.45) is 0 Å². The van der Waals surface area contributed by atoms with Crippen LogP contribution < -0.4 is 5.32 Å². The second-order valence-corrected chi connectivity index (χ2v) is 4.64. The Labute approximate surface area is 122 Å². The molecule has 6 nitrogen and oxygen atoms in total. The lowest BCUT2D eigenvalue weighted by molar-refractivity contribution is -0.127. The molecule has 0 aliphatic heterocycles. The first kappa shape index (κ1) is 14.8. The van der Waals surface area contributed by atoms with Crippen molar-refractivity contribution in [1.29, 1.82) is 0 Å². The van der Waals surface area contributed by atoms with Crippen molar-refractivity contribution in [2.45, 2.75) is 6.92 Å². The standard InChI is InChI=1S/C15H17N3O3/c1-3-18(2)14(19)9-16-13-8-11(15(20)21)10-6-4-5-7-12(10)17-13/h4-8H,3,9H2,1-2H3,(H,16,17)(H,20,21). The van der Waals surface area contributed by atoms with Crippen LogP contribution >= 0.6 is 0 Å². The molecule has 21 heavy (non-hydrogen) atoms. The first-order valence-corrected chi connectivity index (χ1v) is 6.64. The lowest BCUT2D eigenvalue weighted by Crippen LogP contribution is -2.32. The fourth-order valence-electron chi connectivity index (χ4n) is 1.92. The molecule has 1 heterocycles. The van der Waals surface area contributed by atoms with E-state index in [2.05, 4.69) is 10.3 Å². The molecule has 2 rings (SSSR count). The Morgan fingerprint density at radius 2 is 2.05 bits per heavy atom. The van der Waals surface area contributed by atoms with Crippen molar-refractivity contribution in [3.63, 3.8) is 0 Å². The Bertz CT molecular complexity index is 685. The number of carboxylic acids is 1. The number of aromatic carboxylic acids is 1. The quantitative estimate of drug-likeness (QED) is 0.876. The van der Waals surface area contributed by atoms with E-state index < -0.39 is 5.97 Å². The molecule has 0 saturated heterocycles. The van der Waals surface area contributed by atoms with Gasteiger partial charge in [-0.15, -0.1) is 0 Å². The molecule has 2 aromatic rings. The summed E-state index contributed by atoms with van der Waals surface area (Å²) in [6.45, 7) is 2.58. The van der Waals surface area contributed by atoms with E-state index >= 15 is 0 Å². The normalized spacial score (nSPS) is 10.4. The zero-order valence-corrected chi connectivity index (χ0v) is 12.0. The highest BCUT2D eigenvalue weighted by atomic mass is 16.4. The van der Waals surface area contributed by atoms with Crippen molar-refractivity contribution in [1.82, 2.24) is 9.88 Å². The Hall–Kier alpha value is -2.63. The van der Waals surface area contributed by atoms with Gasteiger partial charge in [0.1, 0.15) is 5.82 Å². The van der Waals surface area contributed by atoms with Gasteiger partial charge in [-0.2, -0.15) is 0 Å². The van der Waals surface area contributed by atoms with E-state index in [0.717, 1.165) is 0 Å². The molecule has 0 fully saturated rings. The molecule has 1 aromatic heterocycles. The molecule has 0 radical (unpaired) electrons. The van der Waals surface area contributed by atoms with Gasteiger partial charge in [-0.3, -0.25) is 4.79 Å². The maximum atomic E-state index is 11.7. The van der Waals surface area contributed by atoms with Gasteiger partial charge in [0.15, 0.2) is 0 Å². The molecule has 0 atom stereocenters. The number of likely N-dealkylation sites (N-methyl/N-ethyl adjacent to an activating group) is 1. The number of nitrogens with zero attached hydrogens (tertiary/aromatic N) is 2. The number of carbonyl (C=O) groups is 2. The number of nitrogens with one attached hydrogen (secondary N) is 1. The highest BCUT2D eigenvalue weighted by molar-refractivity contribution is 6.03. The van der Waals surface area contributed by atoms with Gasteiger partial charge >= 0.3 is 5.97 Å². The number of fused-ring (bicyclic) bond motifs is 1. The Morgan fingerprint density at radius 1 is 1.33 bits per heavy atom. The third-order valence-electron chi connectivity index (χ3n) is 3.27. The number of carbonyl (C=O) groups excluding carboxylic acids is 1. The van der Waals surface area contributed by atoms with E-state index in [4.69, 9.17) is 0 Å². The molecule has 0 unspecified atom stereocenters. The Kier molecular flexibility index (Phi) is 4.37. The summed E-state index contributed by atoms with van der Waals surface area (Å²) in [5, 5.41) is 12.7. The molecule has 6 heteroatoms. The van der Waals surface area contributed by atoms with E-state index in [0.29, 0.717) is 23.3 Å². The van der Waals surface area contributed by atoms with Gasteiger partial charge in [-0.1, -0.05) is 18.2 Å². The zero-order valence-electron chi connectivity index (χ0n) is 12.0. The topological polar surface area (TPSA) is 82.5 Å². The molecular formula is C15H17N3O3. The number of hydrogen-bond acceptors (Lipinski definition) is 4. The number of rotatable bonds is 5. The van der Waals surface area contributed by atoms with Crippen LogP contribution in [0.3, 0.4) is 0 Å². The fraction of sp³-hybridized carbons (Fsp3) is 0.267. The van der Waals surface area contributed by atoms with Gasteiger partial charge < -0.3 is 15.3 Å². The van der Waals surface area contributed by atoms with Crippen molar-refractivity contribution < 1.29 is 14.7 Å². The minimum absolute atomic E-state index is 0.0781. The number of carboxylic acid groups (broad SMARTS) is 1. The van der Waals surface area contributed by atoms with Crippen molar-refractivity contribution in [3.05, 3.63) is 35.9 Å². The molecule has 2 N–H and O–H groups in total. The summed E-state index contributed by atoms with van der Waals surface area (Å²) in [5.41, 5.74) is 0.746. The van der Waals surface area contributed by atoms with Crippen LogP contribution in [-0.4, -0.2) is 47.0 Å². The van der Waals surface area contributed by atoms with Crippen LogP contribution in [0.15, 0.2) is 30.3 Å². The van der Waals surface area contributed by atoms with Gasteiger partial charge in [0, 0.05) is 19.0 Å². The minimum Gasteiger partial charge on any atom is -0.478 e. The lowest BCUT2D eigenvalue weighted by atomic mass is 10.1. The van der Waals surface area contributed by atoms with E-state index in [9.17, 15) is 14.7 Å². The molecule has 110 valence electrons. The molecule has 0 bridgehead atoms. The summed E-state index contributed by atoms with van der Waals surface area (Å²) in [6.07, 6.45) is 0. The molecule has 1 amide bonds. The number of amides is 1. The summed E-state index contributed by atoms with van der Waals surface area (Å²) in [5.74, 6) is -0.720. The smallest absolute Gasteiger partial charge is 0.336 e. The highest BCUT2D eigenvalue weighted by Crippen LogP contribution is 2.20. The minimum atomic E-state index is -1.02. The monoisotopic (exact) mass is 287 g/mol. The summed E-state index contributed by atoms with van der Waals surface area (Å²) < 4.78 is 0. The first-order valence-electron chi connectivity index (χ1n) is 6.64. The van der Waals surface area contributed by atoms with Gasteiger partial charge in [-0.25, -0.2) is 9.78 Å². The molecule has 0 spiro atoms. The SMILES string of the molecule is CCN(C)C(=O)CNc1cc(C(=O)O)c2ccccc2n1. The predicted molar refractivity (Wildman–Crippen MR) is 80.5 cm³/mol. The average Bonchev–Trinajstić information content (AvgIpc) is 2.50. The Balaban J connectivity index is 2.29. The van der Waals surface area contributed by atoms with Gasteiger partial charge in [0.2, 0.25) is 5.91 Å². The predicted octanol–water partition coefficient (Wildman–Crippen LogP) is 1.82. The Morgan fingerprint density at radius 3 is 2.71 bits per heavy atom. The highest BCUT2D eigenvalue weighted by Gasteiger charge is 2.12. The van der Waals surface area contributed by atoms with Gasteiger partial charge in [0.05, 0.1) is 17.6 Å². The van der Waals surface area contributed by atoms with E-state index in [1.807, 2.05) is 6.92 Å². The summed E-state index contributed by atoms with van der Waals surface area (Å²) in [6, 6.07) is 8.46. The van der Waals surface area contributed by atoms with Crippen LogP contribution in [0.2, 0.25) is 0 Å². The number of benzene rings is 1. The molecule has 0 saturated carbocycles. The lowest BCUT2D eigenvalue weighted by Gasteiger charge is -2.15. The zero-order chi connectivity index (χ0) is 15.4. The van der Waals surface area contributed by atoms with Crippen molar-refractivity contribution >= 4 is 28.6 Å².